The minimum atomic E-state index is -1.36. The number of carboxylic acid groups (broad SMARTS) is 1. The normalized spacial score (nSPS) is 18.8. The van der Waals surface area contributed by atoms with Gasteiger partial charge in [-0.2, -0.15) is 0 Å². The summed E-state index contributed by atoms with van der Waals surface area (Å²) in [6, 6.07) is 17.9. The number of benzene rings is 3. The Labute approximate surface area is 350 Å². The van der Waals surface area contributed by atoms with Gasteiger partial charge in [-0.3, -0.25) is 4.90 Å². The number of ether oxygens (including phenoxy) is 4. The zero-order valence-corrected chi connectivity index (χ0v) is 34.2. The highest BCUT2D eigenvalue weighted by Gasteiger charge is 2.34. The number of thiophene rings is 1. The molecule has 4 aliphatic rings. The molecule has 0 spiro atoms. The highest BCUT2D eigenvalue weighted by molar-refractivity contribution is 7.19. The number of piperazine rings is 1. The van der Waals surface area contributed by atoms with Gasteiger partial charge in [0.15, 0.2) is 5.82 Å². The van der Waals surface area contributed by atoms with Crippen LogP contribution in [0.1, 0.15) is 40.5 Å². The number of hydrogen-bond acceptors (Lipinski definition) is 13. The predicted molar refractivity (Wildman–Crippen MR) is 224 cm³/mol. The molecule has 1 saturated heterocycles. The molecule has 4 bridgehead atoms. The van der Waals surface area contributed by atoms with Crippen LogP contribution in [0, 0.1) is 6.92 Å². The Morgan fingerprint density at radius 1 is 1.00 bits per heavy atom. The fraction of sp³-hybridized carbons (Fsp3) is 0.341. The molecule has 2 atom stereocenters. The zero-order valence-electron chi connectivity index (χ0n) is 32.6. The lowest BCUT2D eigenvalue weighted by Crippen LogP contribution is -2.49. The third kappa shape index (κ3) is 8.35. The van der Waals surface area contributed by atoms with Crippen LogP contribution >= 0.6 is 22.9 Å². The fourth-order valence-electron chi connectivity index (χ4n) is 7.63. The Hall–Kier alpha value is -5.54. The quantitative estimate of drug-likeness (QED) is 0.157. The zero-order chi connectivity index (χ0) is 40.6. The number of rotatable bonds is 8. The van der Waals surface area contributed by atoms with Gasteiger partial charge in [0.2, 0.25) is 12.0 Å². The molecule has 1 aliphatic carbocycles. The molecule has 3 aliphatic heterocycles. The number of aromatic nitrogens is 4. The number of aromatic hydroxyl groups is 1. The first-order valence-corrected chi connectivity index (χ1v) is 20.9. The second-order valence-electron chi connectivity index (χ2n) is 15.3. The molecule has 59 heavy (non-hydrogen) atoms. The van der Waals surface area contributed by atoms with E-state index < -0.39 is 12.1 Å². The Morgan fingerprint density at radius 2 is 1.83 bits per heavy atom. The summed E-state index contributed by atoms with van der Waals surface area (Å²) in [6.07, 6.45) is 3.31. The summed E-state index contributed by atoms with van der Waals surface area (Å²) in [6.45, 7) is 6.55. The summed E-state index contributed by atoms with van der Waals surface area (Å²) in [4.78, 5) is 37.8. The first kappa shape index (κ1) is 38.9. The lowest BCUT2D eigenvalue weighted by molar-refractivity contribution is -0.145. The highest BCUT2D eigenvalue weighted by Crippen LogP contribution is 2.54. The minimum Gasteiger partial charge on any atom is -0.507 e. The molecule has 6 aromatic rings. The van der Waals surface area contributed by atoms with Gasteiger partial charge in [-0.15, -0.1) is 11.3 Å². The second-order valence-corrected chi connectivity index (χ2v) is 16.7. The summed E-state index contributed by atoms with van der Waals surface area (Å²) >= 11 is 8.78. The van der Waals surface area contributed by atoms with Crippen molar-refractivity contribution < 1.29 is 34.0 Å². The molecule has 3 aromatic carbocycles. The third-order valence-electron chi connectivity index (χ3n) is 11.0. The number of phenolic OH excluding ortho intramolecular Hbond substituents is 1. The molecule has 2 N–H and O–H groups in total. The summed E-state index contributed by atoms with van der Waals surface area (Å²) in [5, 5.41) is 22.3. The van der Waals surface area contributed by atoms with Gasteiger partial charge in [-0.25, -0.2) is 24.7 Å². The van der Waals surface area contributed by atoms with Crippen molar-refractivity contribution in [2.45, 2.75) is 50.9 Å². The van der Waals surface area contributed by atoms with Crippen LogP contribution in [0.2, 0.25) is 5.02 Å². The number of halogens is 1. The number of fused-ring (bicyclic) bond motifs is 7. The van der Waals surface area contributed by atoms with Crippen molar-refractivity contribution in [3.8, 4) is 51.4 Å². The van der Waals surface area contributed by atoms with E-state index in [1.807, 2.05) is 19.1 Å². The lowest BCUT2D eigenvalue weighted by atomic mass is 9.97. The number of hydrogen-bond donors (Lipinski definition) is 2. The molecule has 2 fully saturated rings. The van der Waals surface area contributed by atoms with E-state index in [9.17, 15) is 15.0 Å². The number of nitrogens with zero attached hydrogens (tertiary/aromatic N) is 6. The van der Waals surface area contributed by atoms with E-state index in [1.54, 1.807) is 66.1 Å². The highest BCUT2D eigenvalue weighted by atomic mass is 35.5. The molecule has 10 rings (SSSR count). The number of para-hydroxylation sites is 1. The maximum absolute atomic E-state index is 13.1. The Balaban J connectivity index is 1.11. The number of phenols is 1. The van der Waals surface area contributed by atoms with Crippen LogP contribution in [0.25, 0.3) is 32.7 Å². The van der Waals surface area contributed by atoms with E-state index in [1.165, 1.54) is 6.33 Å². The Bertz CT molecular complexity index is 2520. The van der Waals surface area contributed by atoms with Crippen LogP contribution < -0.4 is 18.9 Å². The van der Waals surface area contributed by atoms with Crippen molar-refractivity contribution in [1.29, 1.82) is 0 Å². The van der Waals surface area contributed by atoms with Gasteiger partial charge >= 0.3 is 5.97 Å². The van der Waals surface area contributed by atoms with Crippen molar-refractivity contribution in [1.82, 2.24) is 29.7 Å². The molecule has 0 unspecified atom stereocenters. The predicted octanol–water partition coefficient (Wildman–Crippen LogP) is 7.40. The minimum absolute atomic E-state index is 0.0436. The van der Waals surface area contributed by atoms with Gasteiger partial charge in [-0.05, 0) is 86.3 Å². The van der Waals surface area contributed by atoms with Gasteiger partial charge in [0, 0.05) is 61.3 Å². The monoisotopic (exact) mass is 834 g/mol. The van der Waals surface area contributed by atoms with Gasteiger partial charge in [0.25, 0.3) is 0 Å². The molecular weight excluding hydrogens is 792 g/mol. The van der Waals surface area contributed by atoms with Crippen LogP contribution in [0.15, 0.2) is 73.2 Å². The smallest absolute Gasteiger partial charge is 0.345 e. The van der Waals surface area contributed by atoms with Crippen molar-refractivity contribution in [2.24, 2.45) is 0 Å². The van der Waals surface area contributed by atoms with Crippen LogP contribution in [-0.4, -0.2) is 105 Å². The van der Waals surface area contributed by atoms with Crippen LogP contribution in [0.3, 0.4) is 0 Å². The number of carboxylic acids is 1. The van der Waals surface area contributed by atoms with Crippen LogP contribution in [-0.2, 0) is 17.8 Å². The summed E-state index contributed by atoms with van der Waals surface area (Å²) in [7, 11) is 2.13. The SMILES string of the molecule is Cc1c2ccc(c1Cl)O[C@H](CN1CCN(C)CC1)COc1ccc(OCc3ccnc(-c4ccccc4O)n3)c(c1)C[C@H](C(=O)O)Oc1ncnc3sc(C4CC4)c-2c13. The third-order valence-corrected chi connectivity index (χ3v) is 12.8. The Morgan fingerprint density at radius 3 is 2.63 bits per heavy atom. The van der Waals surface area contributed by atoms with E-state index in [-0.39, 0.29) is 37.4 Å². The average Bonchev–Trinajstić information content (AvgIpc) is 4.01. The maximum Gasteiger partial charge on any atom is 0.345 e. The Kier molecular flexibility index (Phi) is 11.0. The molecule has 304 valence electrons. The van der Waals surface area contributed by atoms with Gasteiger partial charge < -0.3 is 34.1 Å². The molecule has 0 radical (unpaired) electrons. The molecule has 1 saturated carbocycles. The number of carbonyl (C=O) groups is 1. The van der Waals surface area contributed by atoms with Crippen molar-refractivity contribution in [2.75, 3.05) is 46.4 Å². The van der Waals surface area contributed by atoms with E-state index in [2.05, 4.69) is 36.8 Å². The van der Waals surface area contributed by atoms with E-state index in [0.29, 0.717) is 67.6 Å². The summed E-state index contributed by atoms with van der Waals surface area (Å²) in [5.41, 5.74) is 4.25. The van der Waals surface area contributed by atoms with E-state index >= 15 is 0 Å². The molecule has 6 heterocycles. The first-order valence-electron chi connectivity index (χ1n) is 19.7. The van der Waals surface area contributed by atoms with Crippen LogP contribution in [0.4, 0.5) is 0 Å². The average molecular weight is 835 g/mol. The van der Waals surface area contributed by atoms with Crippen molar-refractivity contribution in [3.63, 3.8) is 0 Å². The molecule has 0 amide bonds. The summed E-state index contributed by atoms with van der Waals surface area (Å²) in [5.74, 6) is 1.28. The standard InChI is InChI=1S/C44H43ClN6O7S/c1-25-31-10-12-35(39(25)45)57-30(21-51-17-15-50(2)16-18-51)23-55-29-9-11-34(56-22-28-13-14-46-41(49-28)32-5-3-4-6-33(32)52)27(19-29)20-36(44(53)54)58-42-38-37(31)40(26-7-8-26)59-43(38)48-24-47-42/h3-6,9-14,19,24,26,30,36,52H,7-8,15-18,20-23H2,1-2H3,(H,53,54)/t30-,36-/m1/s1. The maximum atomic E-state index is 13.1. The van der Waals surface area contributed by atoms with Gasteiger partial charge in [-0.1, -0.05) is 29.8 Å². The largest absolute Gasteiger partial charge is 0.507 e. The molecule has 15 heteroatoms. The lowest BCUT2D eigenvalue weighted by Gasteiger charge is -2.34. The summed E-state index contributed by atoms with van der Waals surface area (Å²) < 4.78 is 26.0. The fourth-order valence-corrected chi connectivity index (χ4v) is 9.15. The molecule has 13 nitrogen and oxygen atoms in total. The van der Waals surface area contributed by atoms with Gasteiger partial charge in [0.05, 0.1) is 21.7 Å². The number of aliphatic carboxylic acids is 1. The van der Waals surface area contributed by atoms with Crippen molar-refractivity contribution >= 4 is 39.1 Å². The van der Waals surface area contributed by atoms with Gasteiger partial charge in [0.1, 0.15) is 53.5 Å². The van der Waals surface area contributed by atoms with E-state index in [4.69, 9.17) is 30.5 Å². The van der Waals surface area contributed by atoms with Crippen molar-refractivity contribution in [3.05, 3.63) is 99.9 Å². The topological polar surface area (TPSA) is 152 Å². The molecular formula is C44H43ClN6O7S. The molecule has 3 aromatic heterocycles. The van der Waals surface area contributed by atoms with E-state index in [0.717, 1.165) is 60.6 Å². The second kappa shape index (κ2) is 16.6. The number of likely N-dealkylation sites (N-methyl/N-ethyl adjacent to an activating group) is 1. The first-order chi connectivity index (χ1) is 28.7. The van der Waals surface area contributed by atoms with Crippen LogP contribution in [0.5, 0.6) is 28.9 Å².